The Kier molecular flexibility index (Phi) is 7.25. The smallest absolute Gasteiger partial charge is 0.253 e. The number of likely N-dealkylation sites (N-methyl/N-ethyl adjacent to an activating group) is 1. The van der Waals surface area contributed by atoms with Crippen molar-refractivity contribution in [3.05, 3.63) is 53.9 Å². The summed E-state index contributed by atoms with van der Waals surface area (Å²) in [6.07, 6.45) is 0.579. The lowest BCUT2D eigenvalue weighted by Gasteiger charge is -2.31. The van der Waals surface area contributed by atoms with Gasteiger partial charge in [-0.25, -0.2) is 0 Å². The zero-order chi connectivity index (χ0) is 21.7. The average molecular weight is 415 g/mol. The molecule has 162 valence electrons. The topological polar surface area (TPSA) is 104 Å². The number of hydrogen-bond acceptors (Lipinski definition) is 7. The minimum absolute atomic E-state index is 0.0519. The van der Waals surface area contributed by atoms with E-state index < -0.39 is 18.2 Å². The summed E-state index contributed by atoms with van der Waals surface area (Å²) in [5, 5.41) is 23.3. The number of nitrogens with zero attached hydrogens (tertiary/aromatic N) is 2. The molecule has 4 atom stereocenters. The van der Waals surface area contributed by atoms with E-state index in [1.807, 2.05) is 31.0 Å². The molecule has 1 fully saturated rings. The van der Waals surface area contributed by atoms with Crippen molar-refractivity contribution >= 4 is 5.91 Å². The molecule has 0 saturated heterocycles. The molecule has 0 bridgehead atoms. The van der Waals surface area contributed by atoms with Gasteiger partial charge in [0.05, 0.1) is 31.4 Å². The van der Waals surface area contributed by atoms with E-state index in [0.29, 0.717) is 30.0 Å². The highest BCUT2D eigenvalue weighted by Gasteiger charge is 2.46. The van der Waals surface area contributed by atoms with Crippen molar-refractivity contribution < 1.29 is 24.5 Å². The molecule has 0 aliphatic heterocycles. The zero-order valence-electron chi connectivity index (χ0n) is 17.5. The van der Waals surface area contributed by atoms with Crippen molar-refractivity contribution in [2.75, 3.05) is 27.3 Å². The number of methoxy groups -OCH3 is 1. The first-order valence-corrected chi connectivity index (χ1v) is 9.96. The van der Waals surface area contributed by atoms with Gasteiger partial charge in [0.15, 0.2) is 0 Å². The molecule has 1 heterocycles. The highest BCUT2D eigenvalue weighted by Crippen LogP contribution is 2.30. The SMILES string of the molecule is COc1cccc(O[C@@H]2C[C@@H](NC(=O)c3ccc(C)nc3)[C@H](N(C)CCO)[C@H]2O)c1. The Morgan fingerprint density at radius 1 is 1.30 bits per heavy atom. The summed E-state index contributed by atoms with van der Waals surface area (Å²) in [6, 6.07) is 9.91. The molecule has 3 N–H and O–H groups in total. The monoisotopic (exact) mass is 415 g/mol. The van der Waals surface area contributed by atoms with E-state index in [0.717, 1.165) is 5.69 Å². The Labute approximate surface area is 176 Å². The molecule has 3 rings (SSSR count). The number of amides is 1. The number of rotatable bonds is 8. The van der Waals surface area contributed by atoms with Gasteiger partial charge in [-0.2, -0.15) is 0 Å². The van der Waals surface area contributed by atoms with Crippen LogP contribution in [0.15, 0.2) is 42.6 Å². The molecule has 1 aromatic carbocycles. The molecule has 2 aromatic rings. The van der Waals surface area contributed by atoms with Gasteiger partial charge in [0.2, 0.25) is 0 Å². The Morgan fingerprint density at radius 2 is 2.07 bits per heavy atom. The second kappa shape index (κ2) is 9.88. The third kappa shape index (κ3) is 5.08. The highest BCUT2D eigenvalue weighted by atomic mass is 16.5. The maximum absolute atomic E-state index is 12.7. The summed E-state index contributed by atoms with van der Waals surface area (Å²) in [4.78, 5) is 18.8. The van der Waals surface area contributed by atoms with Gasteiger partial charge in [-0.15, -0.1) is 0 Å². The molecule has 1 aromatic heterocycles. The number of ether oxygens (including phenoxy) is 2. The van der Waals surface area contributed by atoms with Crippen molar-refractivity contribution in [1.82, 2.24) is 15.2 Å². The van der Waals surface area contributed by atoms with Gasteiger partial charge in [-0.3, -0.25) is 14.7 Å². The molecule has 8 heteroatoms. The summed E-state index contributed by atoms with van der Waals surface area (Å²) in [5.41, 5.74) is 1.28. The van der Waals surface area contributed by atoms with Crippen LogP contribution in [0.3, 0.4) is 0 Å². The summed E-state index contributed by atoms with van der Waals surface area (Å²) >= 11 is 0. The van der Waals surface area contributed by atoms with Crippen LogP contribution in [0.4, 0.5) is 0 Å². The Balaban J connectivity index is 1.77. The normalized spacial score (nSPS) is 23.4. The van der Waals surface area contributed by atoms with Gasteiger partial charge >= 0.3 is 0 Å². The molecule has 0 unspecified atom stereocenters. The predicted octanol–water partition coefficient (Wildman–Crippen LogP) is 1.00. The third-order valence-electron chi connectivity index (χ3n) is 5.41. The van der Waals surface area contributed by atoms with Crippen LogP contribution in [0.25, 0.3) is 0 Å². The predicted molar refractivity (Wildman–Crippen MR) is 112 cm³/mol. The number of aryl methyl sites for hydroxylation is 1. The van der Waals surface area contributed by atoms with Gasteiger partial charge < -0.3 is 25.0 Å². The van der Waals surface area contributed by atoms with E-state index in [1.165, 1.54) is 6.20 Å². The maximum Gasteiger partial charge on any atom is 0.253 e. The summed E-state index contributed by atoms with van der Waals surface area (Å²) in [6.45, 7) is 2.17. The molecule has 1 aliphatic rings. The fraction of sp³-hybridized carbons (Fsp3) is 0.455. The molecule has 0 radical (unpaired) electrons. The zero-order valence-corrected chi connectivity index (χ0v) is 17.5. The molecular formula is C22H29N3O5. The minimum Gasteiger partial charge on any atom is -0.497 e. The first-order valence-electron chi connectivity index (χ1n) is 9.96. The standard InChI is InChI=1S/C22H29N3O5/c1-14-7-8-15(13-23-14)22(28)24-18-12-19(21(27)20(18)25(2)9-10-26)30-17-6-4-5-16(11-17)29-3/h4-8,11,13,18-21,26-27H,9-10,12H2,1-3H3,(H,24,28)/t18-,19-,20+,21+/m1/s1. The first kappa shape index (κ1) is 22.0. The van der Waals surface area contributed by atoms with Crippen LogP contribution in [0.5, 0.6) is 11.5 Å². The van der Waals surface area contributed by atoms with E-state index in [4.69, 9.17) is 9.47 Å². The van der Waals surface area contributed by atoms with E-state index in [2.05, 4.69) is 10.3 Å². The first-order chi connectivity index (χ1) is 14.4. The van der Waals surface area contributed by atoms with Crippen molar-refractivity contribution in [3.63, 3.8) is 0 Å². The van der Waals surface area contributed by atoms with Gasteiger partial charge in [-0.1, -0.05) is 6.07 Å². The van der Waals surface area contributed by atoms with E-state index in [-0.39, 0.29) is 18.6 Å². The largest absolute Gasteiger partial charge is 0.497 e. The lowest BCUT2D eigenvalue weighted by atomic mass is 10.1. The fourth-order valence-corrected chi connectivity index (χ4v) is 3.83. The number of carbonyl (C=O) groups is 1. The quantitative estimate of drug-likeness (QED) is 0.591. The Hall–Kier alpha value is -2.68. The van der Waals surface area contributed by atoms with Crippen LogP contribution in [0, 0.1) is 6.92 Å². The second-order valence-corrected chi connectivity index (χ2v) is 7.52. The number of nitrogens with one attached hydrogen (secondary N) is 1. The molecule has 1 amide bonds. The molecular weight excluding hydrogens is 386 g/mol. The van der Waals surface area contributed by atoms with Crippen molar-refractivity contribution in [2.45, 2.75) is 37.6 Å². The van der Waals surface area contributed by atoms with Crippen LogP contribution < -0.4 is 14.8 Å². The van der Waals surface area contributed by atoms with Gasteiger partial charge in [0.1, 0.15) is 23.7 Å². The number of carbonyl (C=O) groups excluding carboxylic acids is 1. The van der Waals surface area contributed by atoms with E-state index in [1.54, 1.807) is 31.4 Å². The lowest BCUT2D eigenvalue weighted by Crippen LogP contribution is -2.52. The lowest BCUT2D eigenvalue weighted by molar-refractivity contribution is 0.0109. The van der Waals surface area contributed by atoms with Crippen LogP contribution in [0.1, 0.15) is 22.5 Å². The van der Waals surface area contributed by atoms with Crippen LogP contribution in [0.2, 0.25) is 0 Å². The average Bonchev–Trinajstić information content (AvgIpc) is 3.03. The Bertz CT molecular complexity index is 845. The number of hydrogen-bond donors (Lipinski definition) is 3. The summed E-state index contributed by atoms with van der Waals surface area (Å²) in [5.74, 6) is 0.978. The second-order valence-electron chi connectivity index (χ2n) is 7.52. The number of pyridine rings is 1. The maximum atomic E-state index is 12.7. The van der Waals surface area contributed by atoms with Crippen molar-refractivity contribution in [1.29, 1.82) is 0 Å². The van der Waals surface area contributed by atoms with Gasteiger partial charge in [0.25, 0.3) is 5.91 Å². The number of aromatic nitrogens is 1. The number of aliphatic hydroxyl groups is 2. The van der Waals surface area contributed by atoms with E-state index >= 15 is 0 Å². The number of benzene rings is 1. The Morgan fingerprint density at radius 3 is 2.73 bits per heavy atom. The summed E-state index contributed by atoms with van der Waals surface area (Å²) in [7, 11) is 3.39. The van der Waals surface area contributed by atoms with Crippen molar-refractivity contribution in [3.8, 4) is 11.5 Å². The highest BCUT2D eigenvalue weighted by molar-refractivity contribution is 5.94. The number of aliphatic hydroxyl groups excluding tert-OH is 2. The fourth-order valence-electron chi connectivity index (χ4n) is 3.83. The van der Waals surface area contributed by atoms with Gasteiger partial charge in [-0.05, 0) is 38.2 Å². The van der Waals surface area contributed by atoms with Crippen LogP contribution in [-0.2, 0) is 0 Å². The van der Waals surface area contributed by atoms with Crippen LogP contribution in [-0.4, -0.2) is 77.6 Å². The molecule has 1 aliphatic carbocycles. The van der Waals surface area contributed by atoms with Crippen LogP contribution >= 0.6 is 0 Å². The summed E-state index contributed by atoms with van der Waals surface area (Å²) < 4.78 is 11.3. The molecule has 30 heavy (non-hydrogen) atoms. The molecule has 1 saturated carbocycles. The van der Waals surface area contributed by atoms with E-state index in [9.17, 15) is 15.0 Å². The van der Waals surface area contributed by atoms with Crippen molar-refractivity contribution in [2.24, 2.45) is 0 Å². The third-order valence-corrected chi connectivity index (χ3v) is 5.41. The molecule has 0 spiro atoms. The molecule has 8 nitrogen and oxygen atoms in total. The minimum atomic E-state index is -0.853. The van der Waals surface area contributed by atoms with Gasteiger partial charge in [0, 0.05) is 30.9 Å².